The van der Waals surface area contributed by atoms with Gasteiger partial charge in [0, 0.05) is 22.0 Å². The molecule has 7 nitrogen and oxygen atoms in total. The first kappa shape index (κ1) is 18.6. The van der Waals surface area contributed by atoms with Crippen LogP contribution in [0.1, 0.15) is 16.1 Å². The lowest BCUT2D eigenvalue weighted by Crippen LogP contribution is -2.16. The van der Waals surface area contributed by atoms with E-state index in [1.807, 2.05) is 0 Å². The van der Waals surface area contributed by atoms with Gasteiger partial charge in [0.05, 0.1) is 27.5 Å². The highest BCUT2D eigenvalue weighted by atomic mass is 35.5. The molecule has 2 aromatic carbocycles. The van der Waals surface area contributed by atoms with Crippen LogP contribution < -0.4 is 19.6 Å². The second kappa shape index (κ2) is 8.01. The number of benzene rings is 2. The Hall–Kier alpha value is -3.19. The number of rotatable bonds is 6. The molecule has 27 heavy (non-hydrogen) atoms. The minimum Gasteiger partial charge on any atom is -0.496 e. The van der Waals surface area contributed by atoms with E-state index in [2.05, 4.69) is 10.5 Å². The number of ether oxygens (including phenoxy) is 3. The lowest BCUT2D eigenvalue weighted by molar-refractivity contribution is 0.0929. The van der Waals surface area contributed by atoms with E-state index in [9.17, 15) is 4.79 Å². The van der Waals surface area contributed by atoms with E-state index in [0.29, 0.717) is 33.4 Å². The Balaban J connectivity index is 1.78. The van der Waals surface area contributed by atoms with Gasteiger partial charge in [0.2, 0.25) is 0 Å². The summed E-state index contributed by atoms with van der Waals surface area (Å²) in [5.41, 5.74) is 3.59. The summed E-state index contributed by atoms with van der Waals surface area (Å²) in [4.78, 5) is 12.2. The summed E-state index contributed by atoms with van der Waals surface area (Å²) >= 11 is 5.94. The fourth-order valence-corrected chi connectivity index (χ4v) is 2.68. The molecule has 3 rings (SSSR count). The van der Waals surface area contributed by atoms with Gasteiger partial charge < -0.3 is 18.6 Å². The number of halogens is 1. The molecule has 0 bridgehead atoms. The number of amides is 1. The van der Waals surface area contributed by atoms with Gasteiger partial charge in [0.1, 0.15) is 11.3 Å². The molecule has 3 aromatic rings. The van der Waals surface area contributed by atoms with Gasteiger partial charge in [0.15, 0.2) is 17.3 Å². The van der Waals surface area contributed by atoms with E-state index in [4.69, 9.17) is 30.2 Å². The van der Waals surface area contributed by atoms with Crippen LogP contribution in [0.2, 0.25) is 5.02 Å². The molecule has 0 fully saturated rings. The molecule has 0 aliphatic rings. The second-order valence-corrected chi connectivity index (χ2v) is 5.88. The van der Waals surface area contributed by atoms with Crippen LogP contribution in [-0.4, -0.2) is 33.5 Å². The fourth-order valence-electron chi connectivity index (χ4n) is 2.50. The molecular formula is C19H17ClN2O5. The van der Waals surface area contributed by atoms with Gasteiger partial charge in [-0.25, -0.2) is 5.43 Å². The Bertz CT molecular complexity index is 1010. The molecule has 0 spiro atoms. The van der Waals surface area contributed by atoms with Gasteiger partial charge in [-0.1, -0.05) is 11.6 Å². The molecule has 0 saturated carbocycles. The van der Waals surface area contributed by atoms with E-state index in [1.54, 1.807) is 36.4 Å². The van der Waals surface area contributed by atoms with E-state index < -0.39 is 5.91 Å². The molecule has 0 aliphatic heterocycles. The quantitative estimate of drug-likeness (QED) is 0.512. The molecule has 0 saturated heterocycles. The number of hydrogen-bond donors (Lipinski definition) is 1. The van der Waals surface area contributed by atoms with Crippen molar-refractivity contribution in [3.8, 4) is 17.2 Å². The van der Waals surface area contributed by atoms with Crippen LogP contribution in [0.3, 0.4) is 0 Å². The van der Waals surface area contributed by atoms with Gasteiger partial charge in [-0.15, -0.1) is 0 Å². The number of nitrogens with zero attached hydrogens (tertiary/aromatic N) is 1. The second-order valence-electron chi connectivity index (χ2n) is 5.44. The van der Waals surface area contributed by atoms with Crippen LogP contribution in [0.4, 0.5) is 0 Å². The highest BCUT2D eigenvalue weighted by Gasteiger charge is 2.13. The van der Waals surface area contributed by atoms with Crippen LogP contribution in [-0.2, 0) is 0 Å². The summed E-state index contributed by atoms with van der Waals surface area (Å²) in [7, 11) is 4.59. The first-order valence-electron chi connectivity index (χ1n) is 7.88. The van der Waals surface area contributed by atoms with E-state index in [0.717, 1.165) is 5.39 Å². The summed E-state index contributed by atoms with van der Waals surface area (Å²) in [5, 5.41) is 5.26. The summed E-state index contributed by atoms with van der Waals surface area (Å²) in [5.74, 6) is 1.20. The van der Waals surface area contributed by atoms with Crippen molar-refractivity contribution in [3.63, 3.8) is 0 Å². The van der Waals surface area contributed by atoms with Gasteiger partial charge in [-0.3, -0.25) is 4.79 Å². The standard InChI is InChI=1S/C19H17ClN2O5/c1-24-15-9-17(26-3)16(25-2)8-12(15)10-21-22-19(23)18-7-11-6-13(20)4-5-14(11)27-18/h4-10H,1-3H3,(H,22,23)/b21-10+. The Morgan fingerprint density at radius 1 is 1.04 bits per heavy atom. The summed E-state index contributed by atoms with van der Waals surface area (Å²) < 4.78 is 21.3. The number of hydrogen-bond acceptors (Lipinski definition) is 6. The lowest BCUT2D eigenvalue weighted by atomic mass is 10.2. The number of carbonyl (C=O) groups excluding carboxylic acids is 1. The summed E-state index contributed by atoms with van der Waals surface area (Å²) in [6.45, 7) is 0. The largest absolute Gasteiger partial charge is 0.496 e. The van der Waals surface area contributed by atoms with Crippen molar-refractivity contribution < 1.29 is 23.4 Å². The van der Waals surface area contributed by atoms with Crippen molar-refractivity contribution in [1.29, 1.82) is 0 Å². The smallest absolute Gasteiger partial charge is 0.307 e. The summed E-state index contributed by atoms with van der Waals surface area (Å²) in [6.07, 6.45) is 1.44. The minimum atomic E-state index is -0.488. The zero-order valence-electron chi connectivity index (χ0n) is 14.9. The van der Waals surface area contributed by atoms with Crippen LogP contribution in [0.25, 0.3) is 11.0 Å². The molecule has 1 heterocycles. The van der Waals surface area contributed by atoms with Crippen LogP contribution in [0.15, 0.2) is 45.9 Å². The number of hydrazone groups is 1. The minimum absolute atomic E-state index is 0.128. The van der Waals surface area contributed by atoms with E-state index in [1.165, 1.54) is 27.5 Å². The number of carbonyl (C=O) groups is 1. The number of fused-ring (bicyclic) bond motifs is 1. The van der Waals surface area contributed by atoms with Gasteiger partial charge in [-0.2, -0.15) is 5.10 Å². The maximum absolute atomic E-state index is 12.2. The predicted molar refractivity (Wildman–Crippen MR) is 102 cm³/mol. The number of methoxy groups -OCH3 is 3. The molecule has 8 heteroatoms. The molecule has 0 unspecified atom stereocenters. The molecule has 0 atom stereocenters. The molecule has 1 N–H and O–H groups in total. The summed E-state index contributed by atoms with van der Waals surface area (Å²) in [6, 6.07) is 10.1. The third-order valence-electron chi connectivity index (χ3n) is 3.81. The van der Waals surface area contributed by atoms with Crippen LogP contribution in [0, 0.1) is 0 Å². The number of nitrogens with one attached hydrogen (secondary N) is 1. The Morgan fingerprint density at radius 2 is 1.74 bits per heavy atom. The molecule has 0 radical (unpaired) electrons. The normalized spacial score (nSPS) is 11.0. The first-order chi connectivity index (χ1) is 13.0. The molecule has 1 amide bonds. The van der Waals surface area contributed by atoms with E-state index in [-0.39, 0.29) is 5.76 Å². The van der Waals surface area contributed by atoms with E-state index >= 15 is 0 Å². The SMILES string of the molecule is COc1cc(OC)c(OC)cc1/C=N/NC(=O)c1cc2cc(Cl)ccc2o1. The molecule has 0 aliphatic carbocycles. The van der Waals surface area contributed by atoms with Gasteiger partial charge in [-0.05, 0) is 30.3 Å². The van der Waals surface area contributed by atoms with Crippen molar-refractivity contribution in [2.45, 2.75) is 0 Å². The monoisotopic (exact) mass is 388 g/mol. The predicted octanol–water partition coefficient (Wildman–Crippen LogP) is 3.88. The molecule has 140 valence electrons. The van der Waals surface area contributed by atoms with Crippen LogP contribution in [0.5, 0.6) is 17.2 Å². The lowest BCUT2D eigenvalue weighted by Gasteiger charge is -2.11. The highest BCUT2D eigenvalue weighted by Crippen LogP contribution is 2.33. The van der Waals surface area contributed by atoms with Crippen molar-refractivity contribution >= 4 is 34.7 Å². The van der Waals surface area contributed by atoms with Gasteiger partial charge in [0.25, 0.3) is 0 Å². The average molecular weight is 389 g/mol. The molecular weight excluding hydrogens is 372 g/mol. The maximum Gasteiger partial charge on any atom is 0.307 e. The highest BCUT2D eigenvalue weighted by molar-refractivity contribution is 6.31. The van der Waals surface area contributed by atoms with Crippen molar-refractivity contribution in [2.75, 3.05) is 21.3 Å². The Morgan fingerprint density at radius 3 is 2.44 bits per heavy atom. The Kier molecular flexibility index (Phi) is 5.52. The fraction of sp³-hybridized carbons (Fsp3) is 0.158. The zero-order chi connectivity index (χ0) is 19.4. The van der Waals surface area contributed by atoms with Crippen molar-refractivity contribution in [3.05, 3.63) is 52.7 Å². The van der Waals surface area contributed by atoms with Crippen molar-refractivity contribution in [1.82, 2.24) is 5.43 Å². The Labute approximate surface area is 160 Å². The number of furan rings is 1. The zero-order valence-corrected chi connectivity index (χ0v) is 15.7. The van der Waals surface area contributed by atoms with Gasteiger partial charge >= 0.3 is 5.91 Å². The molecule has 1 aromatic heterocycles. The third kappa shape index (κ3) is 3.98. The third-order valence-corrected chi connectivity index (χ3v) is 4.04. The average Bonchev–Trinajstić information content (AvgIpc) is 3.10. The van der Waals surface area contributed by atoms with Crippen LogP contribution >= 0.6 is 11.6 Å². The van der Waals surface area contributed by atoms with Crippen molar-refractivity contribution in [2.24, 2.45) is 5.10 Å². The first-order valence-corrected chi connectivity index (χ1v) is 8.26. The maximum atomic E-state index is 12.2. The topological polar surface area (TPSA) is 82.3 Å².